The van der Waals surface area contributed by atoms with Crippen molar-refractivity contribution in [1.29, 1.82) is 0 Å². The van der Waals surface area contributed by atoms with E-state index in [-0.39, 0.29) is 9.92 Å². The van der Waals surface area contributed by atoms with Crippen molar-refractivity contribution < 1.29 is 12.8 Å². The Morgan fingerprint density at radius 2 is 1.70 bits per heavy atom. The average molecular weight is 287 g/mol. The van der Waals surface area contributed by atoms with E-state index < -0.39 is 15.7 Å². The molecule has 0 unspecified atom stereocenters. The molecule has 3 rings (SSSR count). The lowest BCUT2D eigenvalue weighted by atomic mass is 10.2. The number of hydrogen-bond donors (Lipinski definition) is 0. The summed E-state index contributed by atoms with van der Waals surface area (Å²) in [6, 6.07) is 15.3. The summed E-state index contributed by atoms with van der Waals surface area (Å²) in [7, 11) is -3.80. The highest BCUT2D eigenvalue weighted by Crippen LogP contribution is 2.22. The van der Waals surface area contributed by atoms with Crippen LogP contribution in [0.4, 0.5) is 4.39 Å². The van der Waals surface area contributed by atoms with Crippen molar-refractivity contribution in [2.75, 3.05) is 0 Å². The van der Waals surface area contributed by atoms with Crippen molar-refractivity contribution in [3.8, 4) is 0 Å². The van der Waals surface area contributed by atoms with E-state index in [2.05, 4.69) is 4.98 Å². The first kappa shape index (κ1) is 12.7. The Kier molecular flexibility index (Phi) is 2.99. The minimum atomic E-state index is -3.80. The van der Waals surface area contributed by atoms with E-state index in [0.29, 0.717) is 5.52 Å². The van der Waals surface area contributed by atoms with Crippen molar-refractivity contribution >= 4 is 20.7 Å². The number of halogens is 1. The molecule has 0 saturated heterocycles. The summed E-state index contributed by atoms with van der Waals surface area (Å²) in [5.74, 6) is -0.591. The second kappa shape index (κ2) is 4.68. The maximum absolute atomic E-state index is 13.2. The van der Waals surface area contributed by atoms with Gasteiger partial charge in [-0.2, -0.15) is 0 Å². The lowest BCUT2D eigenvalue weighted by Crippen LogP contribution is -2.04. The standard InChI is InChI=1S/C15H10FNO2S/c16-12-5-3-6-13(10-12)20(18,19)15-9-8-11-4-1-2-7-14(11)17-15/h1-10H. The second-order valence-electron chi connectivity index (χ2n) is 4.30. The Labute approximate surface area is 115 Å². The van der Waals surface area contributed by atoms with Crippen molar-refractivity contribution in [2.45, 2.75) is 9.92 Å². The predicted octanol–water partition coefficient (Wildman–Crippen LogP) is 3.21. The third-order valence-corrected chi connectivity index (χ3v) is 4.61. The molecule has 1 aromatic heterocycles. The van der Waals surface area contributed by atoms with Gasteiger partial charge in [0, 0.05) is 5.39 Å². The normalized spacial score (nSPS) is 11.7. The zero-order valence-corrected chi connectivity index (χ0v) is 11.1. The largest absolute Gasteiger partial charge is 0.236 e. The van der Waals surface area contributed by atoms with Gasteiger partial charge in [0.1, 0.15) is 5.82 Å². The van der Waals surface area contributed by atoms with Gasteiger partial charge < -0.3 is 0 Å². The first-order valence-corrected chi connectivity index (χ1v) is 7.42. The van der Waals surface area contributed by atoms with Gasteiger partial charge in [-0.1, -0.05) is 24.3 Å². The Balaban J connectivity index is 2.18. The maximum atomic E-state index is 13.2. The quantitative estimate of drug-likeness (QED) is 0.727. The fourth-order valence-electron chi connectivity index (χ4n) is 1.95. The molecule has 100 valence electrons. The van der Waals surface area contributed by atoms with Crippen molar-refractivity contribution in [2.24, 2.45) is 0 Å². The summed E-state index contributed by atoms with van der Waals surface area (Å²) in [5, 5.41) is 0.771. The van der Waals surface area contributed by atoms with E-state index in [0.717, 1.165) is 11.5 Å². The number of fused-ring (bicyclic) bond motifs is 1. The molecule has 0 N–H and O–H groups in total. The summed E-state index contributed by atoms with van der Waals surface area (Å²) in [5.41, 5.74) is 0.588. The topological polar surface area (TPSA) is 47.0 Å². The van der Waals surface area contributed by atoms with E-state index in [9.17, 15) is 12.8 Å². The first-order chi connectivity index (χ1) is 9.57. The second-order valence-corrected chi connectivity index (χ2v) is 6.20. The zero-order valence-electron chi connectivity index (χ0n) is 10.3. The van der Waals surface area contributed by atoms with Gasteiger partial charge in [0.05, 0.1) is 10.4 Å². The number of para-hydroxylation sites is 1. The fourth-order valence-corrected chi connectivity index (χ4v) is 3.18. The zero-order chi connectivity index (χ0) is 14.2. The number of nitrogens with zero attached hydrogens (tertiary/aromatic N) is 1. The molecular formula is C15H10FNO2S. The molecule has 3 nitrogen and oxygen atoms in total. The summed E-state index contributed by atoms with van der Waals surface area (Å²) in [6.45, 7) is 0. The van der Waals surface area contributed by atoms with Crippen LogP contribution in [0.5, 0.6) is 0 Å². The first-order valence-electron chi connectivity index (χ1n) is 5.94. The van der Waals surface area contributed by atoms with Gasteiger partial charge >= 0.3 is 0 Å². The number of benzene rings is 2. The number of rotatable bonds is 2. The van der Waals surface area contributed by atoms with E-state index in [1.165, 1.54) is 24.3 Å². The molecule has 20 heavy (non-hydrogen) atoms. The molecule has 3 aromatic rings. The molecule has 0 aliphatic heterocycles. The lowest BCUT2D eigenvalue weighted by Gasteiger charge is -2.05. The predicted molar refractivity (Wildman–Crippen MR) is 73.6 cm³/mol. The van der Waals surface area contributed by atoms with Gasteiger partial charge in [-0.05, 0) is 36.4 Å². The highest BCUT2D eigenvalue weighted by atomic mass is 32.2. The molecule has 1 heterocycles. The van der Waals surface area contributed by atoms with Crippen LogP contribution in [-0.4, -0.2) is 13.4 Å². The minimum Gasteiger partial charge on any atom is -0.236 e. The van der Waals surface area contributed by atoms with Crippen LogP contribution in [0.1, 0.15) is 0 Å². The molecular weight excluding hydrogens is 277 g/mol. The SMILES string of the molecule is O=S(=O)(c1cccc(F)c1)c1ccc2ccccc2n1. The lowest BCUT2D eigenvalue weighted by molar-refractivity contribution is 0.588. The van der Waals surface area contributed by atoms with Gasteiger partial charge in [0.2, 0.25) is 9.84 Å². The van der Waals surface area contributed by atoms with E-state index in [1.807, 2.05) is 12.1 Å². The van der Waals surface area contributed by atoms with E-state index in [4.69, 9.17) is 0 Å². The summed E-state index contributed by atoms with van der Waals surface area (Å²) < 4.78 is 38.0. The monoisotopic (exact) mass is 287 g/mol. The van der Waals surface area contributed by atoms with Crippen LogP contribution in [0.3, 0.4) is 0 Å². The Bertz CT molecular complexity index is 891. The van der Waals surface area contributed by atoms with Crippen LogP contribution in [-0.2, 0) is 9.84 Å². The highest BCUT2D eigenvalue weighted by Gasteiger charge is 2.19. The van der Waals surface area contributed by atoms with Gasteiger partial charge in [-0.3, -0.25) is 0 Å². The molecule has 0 spiro atoms. The number of pyridine rings is 1. The summed E-state index contributed by atoms with van der Waals surface area (Å²) in [4.78, 5) is 4.05. The molecule has 0 bridgehead atoms. The van der Waals surface area contributed by atoms with E-state index >= 15 is 0 Å². The van der Waals surface area contributed by atoms with Crippen LogP contribution in [0.25, 0.3) is 10.9 Å². The van der Waals surface area contributed by atoms with Crippen LogP contribution in [0.2, 0.25) is 0 Å². The van der Waals surface area contributed by atoms with Crippen molar-refractivity contribution in [3.05, 3.63) is 66.5 Å². The molecule has 0 aliphatic carbocycles. The fraction of sp³-hybridized carbons (Fsp3) is 0. The van der Waals surface area contributed by atoms with Crippen molar-refractivity contribution in [1.82, 2.24) is 4.98 Å². The molecule has 5 heteroatoms. The summed E-state index contributed by atoms with van der Waals surface area (Å²) >= 11 is 0. The van der Waals surface area contributed by atoms with Crippen LogP contribution < -0.4 is 0 Å². The molecule has 0 saturated carbocycles. The third kappa shape index (κ3) is 2.16. The molecule has 0 fully saturated rings. The highest BCUT2D eigenvalue weighted by molar-refractivity contribution is 7.91. The molecule has 0 amide bonds. The molecule has 0 radical (unpaired) electrons. The smallest absolute Gasteiger partial charge is 0.223 e. The van der Waals surface area contributed by atoms with Crippen LogP contribution in [0, 0.1) is 5.82 Å². The molecule has 0 atom stereocenters. The Morgan fingerprint density at radius 1 is 0.900 bits per heavy atom. The molecule has 0 aliphatic rings. The van der Waals surface area contributed by atoms with Gasteiger partial charge in [-0.25, -0.2) is 17.8 Å². The van der Waals surface area contributed by atoms with E-state index in [1.54, 1.807) is 18.2 Å². The van der Waals surface area contributed by atoms with Gasteiger partial charge in [0.25, 0.3) is 0 Å². The number of hydrogen-bond acceptors (Lipinski definition) is 3. The van der Waals surface area contributed by atoms with Crippen LogP contribution in [0.15, 0.2) is 70.6 Å². The van der Waals surface area contributed by atoms with Crippen LogP contribution >= 0.6 is 0 Å². The number of aromatic nitrogens is 1. The Hall–Kier alpha value is -2.27. The third-order valence-electron chi connectivity index (χ3n) is 2.95. The Morgan fingerprint density at radius 3 is 2.50 bits per heavy atom. The van der Waals surface area contributed by atoms with Crippen molar-refractivity contribution in [3.63, 3.8) is 0 Å². The molecule has 2 aromatic carbocycles. The number of sulfone groups is 1. The average Bonchev–Trinajstić information content (AvgIpc) is 2.46. The minimum absolute atomic E-state index is 0.0817. The maximum Gasteiger partial charge on any atom is 0.223 e. The van der Waals surface area contributed by atoms with Gasteiger partial charge in [0.15, 0.2) is 5.03 Å². The summed E-state index contributed by atoms with van der Waals surface area (Å²) in [6.07, 6.45) is 0. The van der Waals surface area contributed by atoms with Gasteiger partial charge in [-0.15, -0.1) is 0 Å².